The smallest absolute Gasteiger partial charge is 0.254 e. The number of ether oxygens (including phenoxy) is 1. The molecule has 6 heteroatoms. The van der Waals surface area contributed by atoms with E-state index in [4.69, 9.17) is 9.84 Å². The first-order valence-electron chi connectivity index (χ1n) is 5.66. The largest absolute Gasteiger partial charge is 0.508 e. The maximum Gasteiger partial charge on any atom is 0.254 e. The van der Waals surface area contributed by atoms with Crippen molar-refractivity contribution in [3.05, 3.63) is 24.0 Å². The van der Waals surface area contributed by atoms with Crippen LogP contribution in [0.25, 0.3) is 0 Å². The van der Waals surface area contributed by atoms with E-state index >= 15 is 0 Å². The molecule has 1 amide bonds. The highest BCUT2D eigenvalue weighted by Crippen LogP contribution is 2.20. The van der Waals surface area contributed by atoms with Crippen molar-refractivity contribution in [3.8, 4) is 5.75 Å². The van der Waals surface area contributed by atoms with E-state index in [1.807, 2.05) is 11.9 Å². The highest BCUT2D eigenvalue weighted by Gasteiger charge is 2.25. The first-order valence-corrected chi connectivity index (χ1v) is 5.66. The van der Waals surface area contributed by atoms with E-state index in [0.717, 1.165) is 12.6 Å². The third kappa shape index (κ3) is 2.96. The number of hydrogen-bond acceptors (Lipinski definition) is 4. The molecule has 2 N–H and O–H groups in total. The number of benzene rings is 1. The summed E-state index contributed by atoms with van der Waals surface area (Å²) in [6.07, 6.45) is -0.600. The zero-order chi connectivity index (χ0) is 13.1. The molecule has 18 heavy (non-hydrogen) atoms. The zero-order valence-corrected chi connectivity index (χ0v) is 10.0. The molecule has 0 radical (unpaired) electrons. The number of anilines is 1. The maximum atomic E-state index is 13.4. The average molecular weight is 254 g/mol. The number of morpholine rings is 1. The van der Waals surface area contributed by atoms with Gasteiger partial charge in [0.15, 0.2) is 0 Å². The number of hydrogen-bond donors (Lipinski definition) is 2. The summed E-state index contributed by atoms with van der Waals surface area (Å²) in [5.74, 6) is -1.24. The number of amides is 1. The molecule has 1 aliphatic heterocycles. The number of carbonyl (C=O) groups is 1. The van der Waals surface area contributed by atoms with Gasteiger partial charge in [0, 0.05) is 19.2 Å². The lowest BCUT2D eigenvalue weighted by atomic mass is 10.2. The lowest BCUT2D eigenvalue weighted by molar-refractivity contribution is -0.132. The van der Waals surface area contributed by atoms with Gasteiger partial charge in [0.1, 0.15) is 17.7 Å². The van der Waals surface area contributed by atoms with E-state index in [1.165, 1.54) is 12.1 Å². The van der Waals surface area contributed by atoms with Crippen molar-refractivity contribution >= 4 is 11.6 Å². The quantitative estimate of drug-likeness (QED) is 0.766. The van der Waals surface area contributed by atoms with Crippen LogP contribution < -0.4 is 5.32 Å². The van der Waals surface area contributed by atoms with Gasteiger partial charge in [-0.2, -0.15) is 0 Å². The van der Waals surface area contributed by atoms with Crippen molar-refractivity contribution in [2.24, 2.45) is 0 Å². The zero-order valence-electron chi connectivity index (χ0n) is 10.0. The molecule has 5 nitrogen and oxygen atoms in total. The van der Waals surface area contributed by atoms with E-state index in [1.54, 1.807) is 0 Å². The Labute approximate surface area is 104 Å². The lowest BCUT2D eigenvalue weighted by Crippen LogP contribution is -2.46. The molecule has 2 rings (SSSR count). The Morgan fingerprint density at radius 3 is 3.06 bits per heavy atom. The van der Waals surface area contributed by atoms with Gasteiger partial charge in [-0.15, -0.1) is 0 Å². The van der Waals surface area contributed by atoms with Gasteiger partial charge in [0.05, 0.1) is 12.3 Å². The van der Waals surface area contributed by atoms with Gasteiger partial charge in [-0.1, -0.05) is 0 Å². The molecule has 0 bridgehead atoms. The summed E-state index contributed by atoms with van der Waals surface area (Å²) in [7, 11) is 1.89. The number of phenols is 1. The highest BCUT2D eigenvalue weighted by molar-refractivity contribution is 5.94. The number of nitrogens with zero attached hydrogens (tertiary/aromatic N) is 1. The van der Waals surface area contributed by atoms with Gasteiger partial charge in [-0.05, 0) is 19.2 Å². The van der Waals surface area contributed by atoms with Crippen LogP contribution in [-0.2, 0) is 9.53 Å². The van der Waals surface area contributed by atoms with Crippen LogP contribution >= 0.6 is 0 Å². The molecule has 1 atom stereocenters. The van der Waals surface area contributed by atoms with Gasteiger partial charge < -0.3 is 20.1 Å². The summed E-state index contributed by atoms with van der Waals surface area (Å²) in [5, 5.41) is 11.5. The van der Waals surface area contributed by atoms with E-state index in [-0.39, 0.29) is 17.3 Å². The predicted molar refractivity (Wildman–Crippen MR) is 63.9 cm³/mol. The average Bonchev–Trinajstić information content (AvgIpc) is 2.32. The molecule has 0 saturated carbocycles. The molecule has 1 saturated heterocycles. The number of nitrogens with one attached hydrogen (secondary N) is 1. The molecular weight excluding hydrogens is 239 g/mol. The van der Waals surface area contributed by atoms with Gasteiger partial charge in [0.2, 0.25) is 0 Å². The van der Waals surface area contributed by atoms with Gasteiger partial charge in [-0.25, -0.2) is 4.39 Å². The second-order valence-corrected chi connectivity index (χ2v) is 4.28. The Hall–Kier alpha value is -1.66. The van der Waals surface area contributed by atoms with Crippen LogP contribution in [0.3, 0.4) is 0 Å². The fraction of sp³-hybridized carbons (Fsp3) is 0.417. The van der Waals surface area contributed by atoms with Gasteiger partial charge >= 0.3 is 0 Å². The summed E-state index contributed by atoms with van der Waals surface area (Å²) < 4.78 is 18.7. The summed E-state index contributed by atoms with van der Waals surface area (Å²) in [5.41, 5.74) is 0.0367. The summed E-state index contributed by atoms with van der Waals surface area (Å²) >= 11 is 0. The molecule has 1 fully saturated rings. The summed E-state index contributed by atoms with van der Waals surface area (Å²) in [6, 6.07) is 3.57. The maximum absolute atomic E-state index is 13.4. The Bertz CT molecular complexity index is 453. The Morgan fingerprint density at radius 1 is 1.61 bits per heavy atom. The Kier molecular flexibility index (Phi) is 3.78. The molecule has 1 aromatic carbocycles. The first-order chi connectivity index (χ1) is 8.56. The molecule has 0 spiro atoms. The third-order valence-electron chi connectivity index (χ3n) is 2.77. The number of rotatable bonds is 2. The number of halogens is 1. The molecule has 0 aromatic heterocycles. The number of carbonyl (C=O) groups excluding carboxylic acids is 1. The standard InChI is InChI=1S/C12H15FN2O3/c1-15-4-5-18-11(7-15)12(17)14-10-3-2-8(16)6-9(10)13/h2-3,6,11,16H,4-5,7H2,1H3,(H,14,17)/t11-/m1/s1. The van der Waals surface area contributed by atoms with Crippen molar-refractivity contribution in [1.82, 2.24) is 4.90 Å². The number of aromatic hydroxyl groups is 1. The van der Waals surface area contributed by atoms with Crippen molar-refractivity contribution in [2.75, 3.05) is 32.1 Å². The first kappa shape index (κ1) is 12.8. The van der Waals surface area contributed by atoms with Crippen LogP contribution in [0.4, 0.5) is 10.1 Å². The normalized spacial score (nSPS) is 20.7. The van der Waals surface area contributed by atoms with E-state index in [0.29, 0.717) is 13.2 Å². The summed E-state index contributed by atoms with van der Waals surface area (Å²) in [6.45, 7) is 1.73. The second-order valence-electron chi connectivity index (χ2n) is 4.28. The topological polar surface area (TPSA) is 61.8 Å². The minimum Gasteiger partial charge on any atom is -0.508 e. The molecule has 0 unspecified atom stereocenters. The highest BCUT2D eigenvalue weighted by atomic mass is 19.1. The summed E-state index contributed by atoms with van der Waals surface area (Å²) in [4.78, 5) is 13.8. The van der Waals surface area contributed by atoms with Crippen molar-refractivity contribution in [2.45, 2.75) is 6.10 Å². The molecule has 98 valence electrons. The van der Waals surface area contributed by atoms with E-state index in [2.05, 4.69) is 5.32 Å². The minimum atomic E-state index is -0.674. The number of phenolic OH excluding ortho intramolecular Hbond substituents is 1. The predicted octanol–water partition coefficient (Wildman–Crippen LogP) is 0.800. The van der Waals surface area contributed by atoms with Gasteiger partial charge in [-0.3, -0.25) is 4.79 Å². The van der Waals surface area contributed by atoms with Crippen LogP contribution in [0.15, 0.2) is 18.2 Å². The molecular formula is C12H15FN2O3. The van der Waals surface area contributed by atoms with Crippen LogP contribution in [0.5, 0.6) is 5.75 Å². The molecule has 1 heterocycles. The fourth-order valence-corrected chi connectivity index (χ4v) is 1.76. The SMILES string of the molecule is CN1CCO[C@@H](C(=O)Nc2ccc(O)cc2F)C1. The fourth-order valence-electron chi connectivity index (χ4n) is 1.76. The Balaban J connectivity index is 2.02. The molecule has 1 aromatic rings. The van der Waals surface area contributed by atoms with Crippen molar-refractivity contribution in [1.29, 1.82) is 0 Å². The van der Waals surface area contributed by atoms with E-state index in [9.17, 15) is 9.18 Å². The third-order valence-corrected chi connectivity index (χ3v) is 2.77. The van der Waals surface area contributed by atoms with Crippen LogP contribution in [0.2, 0.25) is 0 Å². The van der Waals surface area contributed by atoms with E-state index < -0.39 is 11.9 Å². The molecule has 0 aliphatic carbocycles. The monoisotopic (exact) mass is 254 g/mol. The van der Waals surface area contributed by atoms with Crippen LogP contribution in [-0.4, -0.2) is 48.8 Å². The lowest BCUT2D eigenvalue weighted by Gasteiger charge is -2.29. The van der Waals surface area contributed by atoms with Crippen molar-refractivity contribution in [3.63, 3.8) is 0 Å². The van der Waals surface area contributed by atoms with Crippen LogP contribution in [0, 0.1) is 5.82 Å². The number of likely N-dealkylation sites (N-methyl/N-ethyl adjacent to an activating group) is 1. The Morgan fingerprint density at radius 2 is 2.39 bits per heavy atom. The van der Waals surface area contributed by atoms with Gasteiger partial charge in [0.25, 0.3) is 5.91 Å². The molecule has 1 aliphatic rings. The van der Waals surface area contributed by atoms with Crippen LogP contribution in [0.1, 0.15) is 0 Å². The van der Waals surface area contributed by atoms with Crippen molar-refractivity contribution < 1.29 is 19.0 Å². The second kappa shape index (κ2) is 5.32. The minimum absolute atomic E-state index is 0.0367.